The zero-order valence-electron chi connectivity index (χ0n) is 21.7. The van der Waals surface area contributed by atoms with Gasteiger partial charge >= 0.3 is 0 Å². The summed E-state index contributed by atoms with van der Waals surface area (Å²) in [5, 5.41) is 3.21. The third kappa shape index (κ3) is 6.55. The quantitative estimate of drug-likeness (QED) is 0.238. The molecule has 4 aromatic rings. The molecule has 0 bridgehead atoms. The summed E-state index contributed by atoms with van der Waals surface area (Å²) in [6.07, 6.45) is 6.80. The van der Waals surface area contributed by atoms with E-state index in [1.807, 2.05) is 30.3 Å². The lowest BCUT2D eigenvalue weighted by Gasteiger charge is -2.29. The van der Waals surface area contributed by atoms with Crippen LogP contribution in [0.1, 0.15) is 36.0 Å². The van der Waals surface area contributed by atoms with E-state index in [2.05, 4.69) is 21.8 Å². The van der Waals surface area contributed by atoms with Crippen LogP contribution in [-0.2, 0) is 17.6 Å². The molecule has 1 aliphatic heterocycles. The van der Waals surface area contributed by atoms with Gasteiger partial charge in [-0.05, 0) is 72.9 Å². The number of carbonyl (C=O) groups is 1. The average molecular weight is 525 g/mol. The summed E-state index contributed by atoms with van der Waals surface area (Å²) in [6, 6.07) is 19.3. The Hall–Kier alpha value is -4.39. The lowest BCUT2D eigenvalue weighted by atomic mass is 9.98. The van der Waals surface area contributed by atoms with Crippen LogP contribution in [0, 0.1) is 11.6 Å². The Morgan fingerprint density at radius 3 is 2.54 bits per heavy atom. The van der Waals surface area contributed by atoms with Crippen molar-refractivity contribution in [1.82, 2.24) is 9.97 Å². The Bertz CT molecular complexity index is 1480. The first-order valence-corrected chi connectivity index (χ1v) is 13.1. The molecule has 1 aliphatic rings. The summed E-state index contributed by atoms with van der Waals surface area (Å²) in [7, 11) is 0. The average Bonchev–Trinajstić information content (AvgIpc) is 2.95. The molecular weight excluding hydrogens is 494 g/mol. The van der Waals surface area contributed by atoms with E-state index in [0.29, 0.717) is 40.6 Å². The van der Waals surface area contributed by atoms with Crippen molar-refractivity contribution in [1.29, 1.82) is 0 Å². The largest absolute Gasteiger partial charge is 0.369 e. The number of ketones is 1. The Labute approximate surface area is 227 Å². The minimum absolute atomic E-state index is 0.0489. The van der Waals surface area contributed by atoms with Gasteiger partial charge in [-0.15, -0.1) is 0 Å². The van der Waals surface area contributed by atoms with E-state index in [1.54, 1.807) is 24.4 Å². The van der Waals surface area contributed by atoms with Crippen LogP contribution < -0.4 is 10.2 Å². The third-order valence-electron chi connectivity index (χ3n) is 6.84. The van der Waals surface area contributed by atoms with Crippen LogP contribution in [0.25, 0.3) is 11.3 Å². The van der Waals surface area contributed by atoms with Gasteiger partial charge in [0.25, 0.3) is 0 Å². The third-order valence-corrected chi connectivity index (χ3v) is 6.84. The van der Waals surface area contributed by atoms with Crippen molar-refractivity contribution in [3.05, 3.63) is 114 Å². The van der Waals surface area contributed by atoms with E-state index < -0.39 is 5.82 Å². The zero-order valence-corrected chi connectivity index (χ0v) is 21.7. The van der Waals surface area contributed by atoms with Crippen molar-refractivity contribution in [2.75, 3.05) is 23.3 Å². The van der Waals surface area contributed by atoms with E-state index >= 15 is 0 Å². The molecule has 5 rings (SSSR count). The molecule has 0 saturated carbocycles. The Morgan fingerprint density at radius 2 is 1.77 bits per heavy atom. The molecular formula is C32H30F2N4O. The molecule has 0 unspecified atom stereocenters. The molecule has 2 heterocycles. The van der Waals surface area contributed by atoms with Gasteiger partial charge in [0.15, 0.2) is 5.78 Å². The van der Waals surface area contributed by atoms with Gasteiger partial charge in [0.05, 0.1) is 11.4 Å². The number of rotatable bonds is 9. The SMILES string of the molecule is C=CC(=O)Cc1cc(F)cc(-c2nc(Nc3ccc(F)c(N4CCCCC4)c3)ncc2Cc2ccccc2)c1. The van der Waals surface area contributed by atoms with Crippen LogP contribution in [0.4, 0.5) is 26.1 Å². The van der Waals surface area contributed by atoms with E-state index in [9.17, 15) is 13.6 Å². The smallest absolute Gasteiger partial charge is 0.227 e. The van der Waals surface area contributed by atoms with Crippen molar-refractivity contribution >= 4 is 23.1 Å². The summed E-state index contributed by atoms with van der Waals surface area (Å²) in [5.74, 6) is -0.598. The molecule has 0 radical (unpaired) electrons. The van der Waals surface area contributed by atoms with Gasteiger partial charge in [-0.3, -0.25) is 4.79 Å². The summed E-state index contributed by atoms with van der Waals surface area (Å²) in [4.78, 5) is 23.3. The maximum absolute atomic E-state index is 14.7. The number of nitrogens with one attached hydrogen (secondary N) is 1. The molecule has 0 atom stereocenters. The number of anilines is 3. The van der Waals surface area contributed by atoms with Gasteiger partial charge in [0.2, 0.25) is 5.95 Å². The van der Waals surface area contributed by atoms with Crippen LogP contribution in [0.2, 0.25) is 0 Å². The highest BCUT2D eigenvalue weighted by Crippen LogP contribution is 2.30. The predicted octanol–water partition coefficient (Wildman–Crippen LogP) is 7.04. The Morgan fingerprint density at radius 1 is 0.974 bits per heavy atom. The first-order valence-electron chi connectivity index (χ1n) is 13.1. The van der Waals surface area contributed by atoms with Gasteiger partial charge in [0, 0.05) is 48.9 Å². The molecule has 0 amide bonds. The first kappa shape index (κ1) is 26.2. The highest BCUT2D eigenvalue weighted by Gasteiger charge is 2.17. The highest BCUT2D eigenvalue weighted by molar-refractivity contribution is 5.91. The number of allylic oxidation sites excluding steroid dienone is 1. The first-order chi connectivity index (χ1) is 19.0. The summed E-state index contributed by atoms with van der Waals surface area (Å²) >= 11 is 0. The topological polar surface area (TPSA) is 58.1 Å². The number of aromatic nitrogens is 2. The minimum atomic E-state index is -0.456. The monoisotopic (exact) mass is 524 g/mol. The Kier molecular flexibility index (Phi) is 8.06. The second-order valence-electron chi connectivity index (χ2n) is 9.76. The standard InChI is InChI=1S/C32H30F2N4O/c1-2-28(39)18-23-16-24(19-26(33)17-23)31-25(15-22-9-5-3-6-10-22)21-35-32(37-31)36-27-11-12-29(34)30(20-27)38-13-7-4-8-14-38/h2-3,5-6,9-12,16-17,19-21H,1,4,7-8,13-15,18H2,(H,35,36,37). The summed E-state index contributed by atoms with van der Waals surface area (Å²) in [6.45, 7) is 5.16. The van der Waals surface area contributed by atoms with Gasteiger partial charge in [-0.25, -0.2) is 18.7 Å². The maximum atomic E-state index is 14.7. The number of nitrogens with zero attached hydrogens (tertiary/aromatic N) is 3. The van der Waals surface area contributed by atoms with Crippen molar-refractivity contribution in [3.63, 3.8) is 0 Å². The second-order valence-corrected chi connectivity index (χ2v) is 9.76. The van der Waals surface area contributed by atoms with Crippen LogP contribution in [0.15, 0.2) is 85.6 Å². The van der Waals surface area contributed by atoms with Crippen LogP contribution in [0.5, 0.6) is 0 Å². The number of halogens is 2. The maximum Gasteiger partial charge on any atom is 0.227 e. The molecule has 5 nitrogen and oxygen atoms in total. The van der Waals surface area contributed by atoms with Crippen LogP contribution in [0.3, 0.4) is 0 Å². The molecule has 39 heavy (non-hydrogen) atoms. The number of hydrogen-bond acceptors (Lipinski definition) is 5. The predicted molar refractivity (Wildman–Crippen MR) is 151 cm³/mol. The zero-order chi connectivity index (χ0) is 27.2. The second kappa shape index (κ2) is 12.0. The van der Waals surface area contributed by atoms with Crippen molar-refractivity contribution < 1.29 is 13.6 Å². The van der Waals surface area contributed by atoms with Crippen molar-refractivity contribution in [2.24, 2.45) is 0 Å². The van der Waals surface area contributed by atoms with Crippen molar-refractivity contribution in [2.45, 2.75) is 32.1 Å². The molecule has 1 fully saturated rings. The van der Waals surface area contributed by atoms with E-state index in [4.69, 9.17) is 4.98 Å². The van der Waals surface area contributed by atoms with Gasteiger partial charge in [-0.1, -0.05) is 36.9 Å². The number of benzene rings is 3. The van der Waals surface area contributed by atoms with E-state index in [-0.39, 0.29) is 18.0 Å². The van der Waals surface area contributed by atoms with Gasteiger partial charge < -0.3 is 10.2 Å². The summed E-state index contributed by atoms with van der Waals surface area (Å²) in [5.41, 5.74) is 4.74. The minimum Gasteiger partial charge on any atom is -0.369 e. The summed E-state index contributed by atoms with van der Waals surface area (Å²) < 4.78 is 29.4. The molecule has 3 aromatic carbocycles. The van der Waals surface area contributed by atoms with E-state index in [0.717, 1.165) is 43.5 Å². The highest BCUT2D eigenvalue weighted by atomic mass is 19.1. The molecule has 1 aromatic heterocycles. The lowest BCUT2D eigenvalue weighted by molar-refractivity contribution is -0.114. The van der Waals surface area contributed by atoms with Gasteiger partial charge in [-0.2, -0.15) is 0 Å². The molecule has 1 N–H and O–H groups in total. The molecule has 198 valence electrons. The fraction of sp³-hybridized carbons (Fsp3) is 0.219. The fourth-order valence-electron chi connectivity index (χ4n) is 4.92. The Balaban J connectivity index is 1.51. The number of carbonyl (C=O) groups excluding carboxylic acids is 1. The van der Waals surface area contributed by atoms with E-state index in [1.165, 1.54) is 24.3 Å². The molecule has 0 spiro atoms. The van der Waals surface area contributed by atoms with Crippen LogP contribution >= 0.6 is 0 Å². The molecule has 0 aliphatic carbocycles. The van der Waals surface area contributed by atoms with Crippen molar-refractivity contribution in [3.8, 4) is 11.3 Å². The number of piperidine rings is 1. The molecule has 1 saturated heterocycles. The van der Waals surface area contributed by atoms with Crippen LogP contribution in [-0.4, -0.2) is 28.8 Å². The van der Waals surface area contributed by atoms with Gasteiger partial charge in [0.1, 0.15) is 11.6 Å². The normalized spacial score (nSPS) is 13.2. The fourth-order valence-corrected chi connectivity index (χ4v) is 4.92. The molecule has 7 heteroatoms. The lowest BCUT2D eigenvalue weighted by Crippen LogP contribution is -2.30. The number of hydrogen-bond donors (Lipinski definition) is 1.